The number of carboxylic acid groups (broad SMARTS) is 2. The molecule has 0 radical (unpaired) electrons. The zero-order valence-electron chi connectivity index (χ0n) is 12.8. The van der Waals surface area contributed by atoms with Crippen molar-refractivity contribution in [3.05, 3.63) is 24.3 Å². The van der Waals surface area contributed by atoms with Gasteiger partial charge in [-0.2, -0.15) is 0 Å². The van der Waals surface area contributed by atoms with Gasteiger partial charge < -0.3 is 0 Å². The molecule has 0 aliphatic rings. The molecule has 0 aliphatic heterocycles. The molecule has 1 rings (SSSR count). The molecule has 0 amide bonds. The van der Waals surface area contributed by atoms with Crippen LogP contribution in [0.1, 0.15) is 0 Å². The van der Waals surface area contributed by atoms with E-state index in [0.29, 0.717) is 4.35 Å². The van der Waals surface area contributed by atoms with Crippen LogP contribution in [0.15, 0.2) is 29.2 Å². The molecule has 0 aromatic heterocycles. The minimum atomic E-state index is -3.88. The van der Waals surface area contributed by atoms with Crippen molar-refractivity contribution in [3.8, 4) is 0 Å². The third-order valence-corrected chi connectivity index (χ3v) is 16.9. The van der Waals surface area contributed by atoms with Gasteiger partial charge in [0.2, 0.25) is 0 Å². The monoisotopic (exact) mass is 471 g/mol. The molecule has 140 valence electrons. The Balaban J connectivity index is 3.00. The van der Waals surface area contributed by atoms with Gasteiger partial charge >= 0.3 is 156 Å². The summed E-state index contributed by atoms with van der Waals surface area (Å²) in [6.45, 7) is 0. The molecule has 0 unspecified atom stereocenters. The van der Waals surface area contributed by atoms with Crippen molar-refractivity contribution in [1.82, 2.24) is 0 Å². The Hall–Kier alpha value is -0.752. The van der Waals surface area contributed by atoms with Crippen molar-refractivity contribution in [1.29, 1.82) is 0 Å². The van der Waals surface area contributed by atoms with Crippen LogP contribution in [0.2, 0.25) is 0 Å². The summed E-state index contributed by atoms with van der Waals surface area (Å²) in [6.07, 6.45) is 0. The first-order chi connectivity index (χ1) is 11.5. The number of primary sulfonamides is 1. The fourth-order valence-corrected chi connectivity index (χ4v) is 14.7. The zero-order valence-corrected chi connectivity index (χ0v) is 17.1. The van der Waals surface area contributed by atoms with Crippen LogP contribution in [0.25, 0.3) is 0 Å². The average molecular weight is 471 g/mol. The predicted octanol–water partition coefficient (Wildman–Crippen LogP) is -1.68. The molecule has 9 nitrogen and oxygen atoms in total. The van der Waals surface area contributed by atoms with E-state index in [2.05, 4.69) is 0 Å². The van der Waals surface area contributed by atoms with Gasteiger partial charge in [0, 0.05) is 0 Å². The van der Waals surface area contributed by atoms with Crippen LogP contribution in [0, 0.1) is 0 Å². The first-order valence-corrected chi connectivity index (χ1v) is 15.6. The predicted molar refractivity (Wildman–Crippen MR) is 99.3 cm³/mol. The minimum absolute atomic E-state index is 0.0596. The summed E-state index contributed by atoms with van der Waals surface area (Å²) < 4.78 is 23.7. The van der Waals surface area contributed by atoms with Crippen molar-refractivity contribution in [2.45, 2.75) is 17.0 Å². The van der Waals surface area contributed by atoms with E-state index in [-0.39, 0.29) is 16.4 Å². The summed E-state index contributed by atoms with van der Waals surface area (Å²) in [5.74, 6) is -2.06. The Morgan fingerprint density at radius 2 is 1.56 bits per heavy atom. The number of rotatable bonds is 10. The van der Waals surface area contributed by atoms with E-state index in [4.69, 9.17) is 26.8 Å². The van der Waals surface area contributed by atoms with Gasteiger partial charge in [-0.25, -0.2) is 0 Å². The number of benzene rings is 1. The molecule has 0 aliphatic carbocycles. The van der Waals surface area contributed by atoms with E-state index in [9.17, 15) is 18.0 Å². The number of carboxylic acids is 2. The van der Waals surface area contributed by atoms with E-state index < -0.39 is 46.4 Å². The summed E-state index contributed by atoms with van der Waals surface area (Å²) in [7, 11) is -1.28. The molecule has 0 saturated heterocycles. The SMILES string of the molecule is N[C@@H](CS[As](SC[C@H](N)C(=O)O)c1cccc(S(N)(=O)=O)c1)C(=O)O. The van der Waals surface area contributed by atoms with Crippen LogP contribution in [-0.4, -0.2) is 66.5 Å². The summed E-state index contributed by atoms with van der Waals surface area (Å²) in [6, 6.07) is 3.87. The first kappa shape index (κ1) is 22.3. The number of aliphatic carboxylic acids is 2. The van der Waals surface area contributed by atoms with E-state index in [1.54, 1.807) is 6.07 Å². The molecule has 8 N–H and O–H groups in total. The Morgan fingerprint density at radius 3 is 1.96 bits per heavy atom. The zero-order chi connectivity index (χ0) is 19.2. The third kappa shape index (κ3) is 7.57. The summed E-state index contributed by atoms with van der Waals surface area (Å²) >= 11 is -2.14. The van der Waals surface area contributed by atoms with Gasteiger partial charge in [-0.05, 0) is 0 Å². The van der Waals surface area contributed by atoms with Gasteiger partial charge in [0.15, 0.2) is 0 Å². The van der Waals surface area contributed by atoms with E-state index in [1.165, 1.54) is 38.2 Å². The van der Waals surface area contributed by atoms with Gasteiger partial charge in [0.25, 0.3) is 0 Å². The van der Waals surface area contributed by atoms with Crippen molar-refractivity contribution in [2.75, 3.05) is 11.5 Å². The van der Waals surface area contributed by atoms with Gasteiger partial charge in [0.1, 0.15) is 0 Å². The number of hydrogen-bond donors (Lipinski definition) is 5. The first-order valence-electron chi connectivity index (χ1n) is 6.68. The topological polar surface area (TPSA) is 187 Å². The molecule has 13 heteroatoms. The van der Waals surface area contributed by atoms with Gasteiger partial charge in [-0.15, -0.1) is 0 Å². The van der Waals surface area contributed by atoms with Crippen LogP contribution in [0.4, 0.5) is 0 Å². The summed E-state index contributed by atoms with van der Waals surface area (Å²) in [5, 5.41) is 22.9. The van der Waals surface area contributed by atoms with Crippen molar-refractivity contribution in [3.63, 3.8) is 0 Å². The van der Waals surface area contributed by atoms with Gasteiger partial charge in [-0.3, -0.25) is 0 Å². The van der Waals surface area contributed by atoms with Gasteiger partial charge in [-0.1, -0.05) is 0 Å². The molecule has 0 bridgehead atoms. The molecule has 0 spiro atoms. The molecule has 0 heterocycles. The fraction of sp³-hybridized carbons (Fsp3) is 0.333. The maximum absolute atomic E-state index is 11.5. The Labute approximate surface area is 156 Å². The van der Waals surface area contributed by atoms with Crippen molar-refractivity contribution in [2.24, 2.45) is 16.6 Å². The van der Waals surface area contributed by atoms with E-state index in [1.807, 2.05) is 0 Å². The van der Waals surface area contributed by atoms with Crippen molar-refractivity contribution >= 4 is 58.7 Å². The number of nitrogens with two attached hydrogens (primary N) is 3. The molecule has 1 aromatic carbocycles. The number of carbonyl (C=O) groups is 2. The fourth-order valence-electron chi connectivity index (χ4n) is 1.40. The van der Waals surface area contributed by atoms with E-state index in [0.717, 1.165) is 0 Å². The average Bonchev–Trinajstić information content (AvgIpc) is 2.53. The van der Waals surface area contributed by atoms with Crippen LogP contribution in [-0.2, 0) is 19.6 Å². The van der Waals surface area contributed by atoms with Crippen molar-refractivity contribution < 1.29 is 28.2 Å². The normalized spacial score (nSPS) is 14.2. The Kier molecular flexibility index (Phi) is 8.75. The molecule has 0 saturated carbocycles. The summed E-state index contributed by atoms with van der Waals surface area (Å²) in [5.41, 5.74) is 11.0. The van der Waals surface area contributed by atoms with E-state index >= 15 is 0 Å². The van der Waals surface area contributed by atoms with Gasteiger partial charge in [0.05, 0.1) is 0 Å². The quantitative estimate of drug-likeness (QED) is 0.247. The molecule has 0 fully saturated rings. The second-order valence-electron chi connectivity index (χ2n) is 4.78. The Bertz CT molecular complexity index is 709. The van der Waals surface area contributed by atoms with Crippen LogP contribution in [0.5, 0.6) is 0 Å². The maximum atomic E-state index is 11.5. The molecular formula is C12H18AsN3O6S3. The van der Waals surface area contributed by atoms with Crippen LogP contribution < -0.4 is 21.0 Å². The molecule has 25 heavy (non-hydrogen) atoms. The number of sulfonamides is 1. The Morgan fingerprint density at radius 1 is 1.08 bits per heavy atom. The standard InChI is InChI=1S/C12H18AsN3O6S3/c14-9(11(17)18)5-23-13(24-6-10(15)12(19)20)7-2-1-3-8(4-7)25(16,21)22/h1-4,9-10H,5-6,14-15H2,(H,17,18)(H,19,20)(H2,16,21,22)/t9-,10-/m0/s1. The molecule has 2 atom stereocenters. The third-order valence-electron chi connectivity index (χ3n) is 2.73. The second kappa shape index (κ2) is 9.81. The molecule has 1 aromatic rings. The van der Waals surface area contributed by atoms with Crippen LogP contribution in [0.3, 0.4) is 0 Å². The molecular weight excluding hydrogens is 453 g/mol. The number of hydrogen-bond acceptors (Lipinski definition) is 8. The summed E-state index contributed by atoms with van der Waals surface area (Å²) in [4.78, 5) is 21.7. The van der Waals surface area contributed by atoms with Crippen LogP contribution >= 0.6 is 20.0 Å². The second-order valence-corrected chi connectivity index (χ2v) is 17.9.